The van der Waals surface area contributed by atoms with Gasteiger partial charge in [0.25, 0.3) is 11.8 Å². The SMILES string of the molecule is CO[C@@H]1/C=C/C=C(\C)Cc2cc(C)c(Cl)c(c2)N(C)C(=O)C[C@H](OC(=O)[C@H](C)N(C)C(=O)CCSSCCOCCOCCOCCOCCC(=O)ON2C(=O)CCC2=O)[C@]2(C)O[C@H]2[C@H](C)[C@@H]2C[C@@]1(O)NC(=O)O2. The summed E-state index contributed by atoms with van der Waals surface area (Å²) in [5.41, 5.74) is 0.00763. The number of nitrogens with zero attached hydrogens (tertiary/aromatic N) is 3. The number of benzene rings is 1. The summed E-state index contributed by atoms with van der Waals surface area (Å²) >= 11 is 6.82. The molecule has 0 spiro atoms. The van der Waals surface area contributed by atoms with Crippen LogP contribution in [0.25, 0.3) is 0 Å². The number of alkyl carbamates (subject to hydrolysis) is 1. The number of carbonyl (C=O) groups excluding carboxylic acids is 7. The number of halogens is 1. The molecule has 0 aromatic heterocycles. The van der Waals surface area contributed by atoms with Crippen molar-refractivity contribution in [2.24, 2.45) is 5.92 Å². The van der Waals surface area contributed by atoms with E-state index in [-0.39, 0.29) is 64.3 Å². The number of carbonyl (C=O) groups is 7. The third-order valence-electron chi connectivity index (χ3n) is 13.1. The number of fused-ring (bicyclic) bond motifs is 5. The summed E-state index contributed by atoms with van der Waals surface area (Å²) < 4.78 is 45.7. The lowest BCUT2D eigenvalue weighted by Crippen LogP contribution is -2.63. The minimum atomic E-state index is -1.84. The van der Waals surface area contributed by atoms with Crippen LogP contribution in [0.4, 0.5) is 10.5 Å². The predicted octanol–water partition coefficient (Wildman–Crippen LogP) is 4.65. The Bertz CT molecular complexity index is 2210. The number of likely N-dealkylation sites (N-methyl/N-ethyl adjacent to an activating group) is 1. The van der Waals surface area contributed by atoms with Crippen molar-refractivity contribution in [1.29, 1.82) is 0 Å². The molecule has 4 aliphatic rings. The van der Waals surface area contributed by atoms with E-state index in [9.17, 15) is 38.7 Å². The third kappa shape index (κ3) is 17.1. The molecule has 4 bridgehead atoms. The van der Waals surface area contributed by atoms with Crippen LogP contribution < -0.4 is 10.2 Å². The van der Waals surface area contributed by atoms with Crippen LogP contribution in [0.5, 0.6) is 0 Å². The number of ether oxygens (including phenoxy) is 8. The van der Waals surface area contributed by atoms with E-state index in [2.05, 4.69) is 5.32 Å². The van der Waals surface area contributed by atoms with Gasteiger partial charge in [0, 0.05) is 64.3 Å². The van der Waals surface area contributed by atoms with Gasteiger partial charge in [0.2, 0.25) is 11.8 Å². The number of imide groups is 1. The van der Waals surface area contributed by atoms with Crippen molar-refractivity contribution >= 4 is 80.5 Å². The van der Waals surface area contributed by atoms with E-state index in [4.69, 9.17) is 54.3 Å². The molecule has 3 fully saturated rings. The van der Waals surface area contributed by atoms with E-state index < -0.39 is 83.5 Å². The average molecular weight is 1100 g/mol. The fourth-order valence-electron chi connectivity index (χ4n) is 8.49. The Kier molecular flexibility index (Phi) is 23.5. The molecule has 24 heteroatoms. The monoisotopic (exact) mass is 1100 g/mol. The van der Waals surface area contributed by atoms with Crippen molar-refractivity contribution in [3.05, 3.63) is 52.1 Å². The molecule has 1 aromatic carbocycles. The first kappa shape index (κ1) is 60.6. The first-order valence-corrected chi connectivity index (χ1v) is 27.4. The van der Waals surface area contributed by atoms with Gasteiger partial charge in [0.1, 0.15) is 30.0 Å². The van der Waals surface area contributed by atoms with E-state index >= 15 is 0 Å². The van der Waals surface area contributed by atoms with Crippen LogP contribution in [-0.2, 0) is 77.9 Å². The van der Waals surface area contributed by atoms with Crippen LogP contribution in [0.3, 0.4) is 0 Å². The number of allylic oxidation sites excluding steroid dienone is 3. The fourth-order valence-corrected chi connectivity index (χ4v) is 10.6. The molecule has 5 amide bonds. The lowest BCUT2D eigenvalue weighted by molar-refractivity contribution is -0.198. The van der Waals surface area contributed by atoms with Crippen LogP contribution in [0, 0.1) is 12.8 Å². The van der Waals surface area contributed by atoms with Crippen molar-refractivity contribution in [2.75, 3.05) is 90.5 Å². The van der Waals surface area contributed by atoms with Crippen molar-refractivity contribution in [1.82, 2.24) is 15.3 Å². The molecule has 21 nitrogen and oxygen atoms in total. The normalized spacial score (nSPS) is 26.8. The molecular formula is C50H71ClN4O17S2. The highest BCUT2D eigenvalue weighted by molar-refractivity contribution is 8.76. The highest BCUT2D eigenvalue weighted by atomic mass is 35.5. The number of anilines is 1. The largest absolute Gasteiger partial charge is 0.457 e. The van der Waals surface area contributed by atoms with Crippen LogP contribution >= 0.6 is 33.2 Å². The van der Waals surface area contributed by atoms with Gasteiger partial charge >= 0.3 is 18.0 Å². The predicted molar refractivity (Wildman–Crippen MR) is 274 cm³/mol. The molecule has 5 rings (SSSR count). The minimum Gasteiger partial charge on any atom is -0.457 e. The van der Waals surface area contributed by atoms with E-state index in [1.165, 1.54) is 34.8 Å². The maximum atomic E-state index is 14.3. The Balaban J connectivity index is 1.04. The Hall–Kier alpha value is -4.30. The number of aliphatic hydroxyl groups is 1. The number of rotatable bonds is 24. The number of aryl methyl sites for hydroxylation is 1. The molecule has 3 saturated heterocycles. The topological polar surface area (TPSA) is 248 Å². The van der Waals surface area contributed by atoms with Crippen molar-refractivity contribution < 1.29 is 81.4 Å². The molecule has 1 aromatic rings. The highest BCUT2D eigenvalue weighted by Crippen LogP contribution is 2.49. The molecule has 412 valence electrons. The Morgan fingerprint density at radius 2 is 1.55 bits per heavy atom. The molecule has 0 saturated carbocycles. The molecule has 4 heterocycles. The quantitative estimate of drug-likeness (QED) is 0.0470. The van der Waals surface area contributed by atoms with Gasteiger partial charge in [-0.1, -0.05) is 70.0 Å². The number of hydrogen-bond donors (Lipinski definition) is 2. The zero-order valence-corrected chi connectivity index (χ0v) is 45.8. The zero-order valence-electron chi connectivity index (χ0n) is 43.4. The molecule has 4 aliphatic heterocycles. The summed E-state index contributed by atoms with van der Waals surface area (Å²) in [6.45, 7) is 11.4. The van der Waals surface area contributed by atoms with Crippen LogP contribution in [0.1, 0.15) is 77.3 Å². The first-order valence-electron chi connectivity index (χ1n) is 24.6. The second-order valence-corrected chi connectivity index (χ2v) is 21.7. The second-order valence-electron chi connectivity index (χ2n) is 18.7. The van der Waals surface area contributed by atoms with Gasteiger partial charge in [0.05, 0.1) is 82.5 Å². The molecular weight excluding hydrogens is 1030 g/mol. The van der Waals surface area contributed by atoms with E-state index in [1.807, 2.05) is 32.1 Å². The van der Waals surface area contributed by atoms with E-state index in [1.54, 1.807) is 50.8 Å². The smallest absolute Gasteiger partial charge is 0.409 e. The first-order chi connectivity index (χ1) is 35.2. The maximum absolute atomic E-state index is 14.3. The fraction of sp³-hybridized carbons (Fsp3) is 0.660. The summed E-state index contributed by atoms with van der Waals surface area (Å²) in [5, 5.41) is 15.2. The number of epoxide rings is 1. The lowest BCUT2D eigenvalue weighted by Gasteiger charge is -2.42. The van der Waals surface area contributed by atoms with Gasteiger partial charge < -0.3 is 57.6 Å². The molecule has 0 unspecified atom stereocenters. The number of nitrogens with one attached hydrogen (secondary N) is 1. The van der Waals surface area contributed by atoms with Gasteiger partial charge in [-0.05, 0) is 51.3 Å². The van der Waals surface area contributed by atoms with Gasteiger partial charge in [-0.2, -0.15) is 0 Å². The van der Waals surface area contributed by atoms with Crippen molar-refractivity contribution in [3.8, 4) is 0 Å². The number of esters is 1. The van der Waals surface area contributed by atoms with Crippen molar-refractivity contribution in [3.63, 3.8) is 0 Å². The number of methoxy groups -OCH3 is 1. The van der Waals surface area contributed by atoms with Gasteiger partial charge in [0.15, 0.2) is 5.72 Å². The summed E-state index contributed by atoms with van der Waals surface area (Å²) in [6.07, 6.45) is 1.04. The summed E-state index contributed by atoms with van der Waals surface area (Å²) in [6, 6.07) is 2.77. The Labute approximate surface area is 445 Å². The highest BCUT2D eigenvalue weighted by Gasteiger charge is 2.64. The van der Waals surface area contributed by atoms with E-state index in [0.717, 1.165) is 16.7 Å². The number of amides is 5. The number of hydroxylamine groups is 2. The molecule has 0 radical (unpaired) electrons. The minimum absolute atomic E-state index is 0.0318. The Morgan fingerprint density at radius 1 is 0.932 bits per heavy atom. The summed E-state index contributed by atoms with van der Waals surface area (Å²) in [4.78, 5) is 96.8. The third-order valence-corrected chi connectivity index (χ3v) is 15.9. The lowest BCUT2D eigenvalue weighted by atomic mass is 9.83. The molecule has 0 aliphatic carbocycles. The molecule has 2 N–H and O–H groups in total. The van der Waals surface area contributed by atoms with Crippen molar-refractivity contribution in [2.45, 2.75) is 121 Å². The van der Waals surface area contributed by atoms with Gasteiger partial charge in [-0.3, -0.25) is 24.5 Å². The van der Waals surface area contributed by atoms with E-state index in [0.29, 0.717) is 66.7 Å². The Morgan fingerprint density at radius 3 is 2.20 bits per heavy atom. The van der Waals surface area contributed by atoms with Gasteiger partial charge in [-0.25, -0.2) is 14.4 Å². The number of hydrogen-bond acceptors (Lipinski definition) is 19. The zero-order chi connectivity index (χ0) is 54.2. The van der Waals surface area contributed by atoms with Crippen LogP contribution in [-0.4, -0.2) is 184 Å². The second kappa shape index (κ2) is 28.7. The van der Waals surface area contributed by atoms with Crippen LogP contribution in [0.2, 0.25) is 5.02 Å². The molecule has 8 atom stereocenters. The maximum Gasteiger partial charge on any atom is 0.409 e. The van der Waals surface area contributed by atoms with Crippen LogP contribution in [0.15, 0.2) is 35.9 Å². The summed E-state index contributed by atoms with van der Waals surface area (Å²) in [7, 11) is 7.61. The van der Waals surface area contributed by atoms with Gasteiger partial charge in [-0.15, -0.1) is 5.06 Å². The molecule has 74 heavy (non-hydrogen) atoms. The average Bonchev–Trinajstić information content (AvgIpc) is 3.96. The standard InChI is InChI=1S/C50H71ClN4O17S2/c1-31-10-9-11-38(64-8)50(63)30-37(69-48(62)52-50)33(3)46-49(5,71-46)39(29-43(59)54(7)36-28-35(26-31)27-32(2)45(36)51)70-47(61)34(4)53(6)40(56)15-24-73-74-25-23-68-22-21-67-20-19-66-18-17-65-16-14-44(60)72-55-41(57)12-13-42(55)58/h9-11,27-28,33-34,37-39,46,63H,12-26,29-30H2,1-8H3,(H,52,62)/b11-9+,31-10+/t33-,34+,37+,38-,39+,46+,49+,50+/m1/s1. The summed E-state index contributed by atoms with van der Waals surface area (Å²) in [5.74, 6) is -2.63.